The Balaban J connectivity index is 2.02. The topological polar surface area (TPSA) is 29.3 Å². The van der Waals surface area contributed by atoms with Gasteiger partial charge in [0.25, 0.3) is 0 Å². The van der Waals surface area contributed by atoms with Gasteiger partial charge in [-0.2, -0.15) is 0 Å². The summed E-state index contributed by atoms with van der Waals surface area (Å²) in [5.74, 6) is 0. The highest BCUT2D eigenvalue weighted by molar-refractivity contribution is 5.23. The Hall–Kier alpha value is -0.860. The lowest BCUT2D eigenvalue weighted by Crippen LogP contribution is -2.31. The maximum absolute atomic E-state index is 5.69. The maximum atomic E-state index is 5.69. The van der Waals surface area contributed by atoms with Crippen molar-refractivity contribution in [2.45, 2.75) is 51.7 Å². The molecule has 0 spiro atoms. The molecule has 1 aliphatic rings. The van der Waals surface area contributed by atoms with Crippen LogP contribution in [-0.4, -0.2) is 17.5 Å². The van der Waals surface area contributed by atoms with Crippen molar-refractivity contribution < 1.29 is 0 Å². The molecule has 0 amide bonds. The van der Waals surface area contributed by atoms with E-state index in [1.165, 1.54) is 43.4 Å². The molecule has 1 aromatic carbocycles. The molecule has 2 nitrogen and oxygen atoms in total. The van der Waals surface area contributed by atoms with Crippen LogP contribution in [0.2, 0.25) is 0 Å². The van der Waals surface area contributed by atoms with Crippen LogP contribution in [0, 0.1) is 0 Å². The van der Waals surface area contributed by atoms with Gasteiger partial charge in [-0.15, -0.1) is 0 Å². The maximum Gasteiger partial charge on any atom is 0.0236 e. The number of nitrogens with two attached hydrogens (primary N) is 1. The molecule has 0 radical (unpaired) electrons. The highest BCUT2D eigenvalue weighted by atomic mass is 15.1. The van der Waals surface area contributed by atoms with Crippen molar-refractivity contribution >= 4 is 0 Å². The summed E-state index contributed by atoms with van der Waals surface area (Å²) in [5.41, 5.74) is 8.34. The van der Waals surface area contributed by atoms with Crippen molar-refractivity contribution in [2.24, 2.45) is 5.73 Å². The Kier molecular flexibility index (Phi) is 4.57. The minimum Gasteiger partial charge on any atom is -0.326 e. The minimum absolute atomic E-state index is 0.642. The Morgan fingerprint density at radius 1 is 1.24 bits per heavy atom. The smallest absolute Gasteiger partial charge is 0.0236 e. The molecule has 1 aromatic rings. The Bertz CT molecular complexity index is 349. The van der Waals surface area contributed by atoms with E-state index < -0.39 is 0 Å². The van der Waals surface area contributed by atoms with E-state index in [1.54, 1.807) is 0 Å². The summed E-state index contributed by atoms with van der Waals surface area (Å²) in [5, 5.41) is 0. The lowest BCUT2D eigenvalue weighted by Gasteiger charge is -2.27. The first-order chi connectivity index (χ1) is 8.29. The average molecular weight is 232 g/mol. The quantitative estimate of drug-likeness (QED) is 0.868. The molecule has 2 heteroatoms. The van der Waals surface area contributed by atoms with Gasteiger partial charge in [0, 0.05) is 19.1 Å². The highest BCUT2D eigenvalue weighted by Gasteiger charge is 2.16. The summed E-state index contributed by atoms with van der Waals surface area (Å²) in [4.78, 5) is 2.61. The number of likely N-dealkylation sites (tertiary alicyclic amines) is 1. The van der Waals surface area contributed by atoms with E-state index in [9.17, 15) is 0 Å². The van der Waals surface area contributed by atoms with Crippen molar-refractivity contribution in [1.82, 2.24) is 4.90 Å². The molecule has 1 saturated heterocycles. The molecule has 0 saturated carbocycles. The van der Waals surface area contributed by atoms with Gasteiger partial charge in [0.2, 0.25) is 0 Å². The molecule has 1 heterocycles. The van der Waals surface area contributed by atoms with Gasteiger partial charge >= 0.3 is 0 Å². The Labute approximate surface area is 105 Å². The molecule has 2 N–H and O–H groups in total. The summed E-state index contributed by atoms with van der Waals surface area (Å²) in [6.07, 6.45) is 5.47. The molecular weight excluding hydrogens is 208 g/mol. The molecule has 2 rings (SSSR count). The van der Waals surface area contributed by atoms with Gasteiger partial charge in [-0.05, 0) is 37.4 Å². The summed E-state index contributed by atoms with van der Waals surface area (Å²) in [6, 6.07) is 9.42. The summed E-state index contributed by atoms with van der Waals surface area (Å²) >= 11 is 0. The van der Waals surface area contributed by atoms with Crippen LogP contribution in [0.3, 0.4) is 0 Å². The number of rotatable bonds is 3. The zero-order valence-corrected chi connectivity index (χ0v) is 10.9. The molecule has 17 heavy (non-hydrogen) atoms. The number of benzene rings is 1. The van der Waals surface area contributed by atoms with Crippen molar-refractivity contribution in [2.75, 3.05) is 6.54 Å². The van der Waals surface area contributed by atoms with Crippen LogP contribution in [-0.2, 0) is 13.1 Å². The van der Waals surface area contributed by atoms with Crippen LogP contribution in [0.15, 0.2) is 24.3 Å². The molecule has 0 aliphatic carbocycles. The van der Waals surface area contributed by atoms with Gasteiger partial charge in [0.15, 0.2) is 0 Å². The first-order valence-electron chi connectivity index (χ1n) is 6.81. The van der Waals surface area contributed by atoms with Crippen molar-refractivity contribution in [3.8, 4) is 0 Å². The van der Waals surface area contributed by atoms with Crippen LogP contribution < -0.4 is 5.73 Å². The fraction of sp³-hybridized carbons (Fsp3) is 0.600. The zero-order chi connectivity index (χ0) is 12.1. The third-order valence-corrected chi connectivity index (χ3v) is 3.80. The number of hydrogen-bond donors (Lipinski definition) is 1. The summed E-state index contributed by atoms with van der Waals surface area (Å²) < 4.78 is 0. The van der Waals surface area contributed by atoms with Gasteiger partial charge in [0.05, 0.1) is 0 Å². The molecule has 0 bridgehead atoms. The van der Waals surface area contributed by atoms with E-state index >= 15 is 0 Å². The third kappa shape index (κ3) is 3.55. The van der Waals surface area contributed by atoms with Gasteiger partial charge in [-0.3, -0.25) is 4.90 Å². The van der Waals surface area contributed by atoms with Crippen LogP contribution in [0.5, 0.6) is 0 Å². The molecule has 94 valence electrons. The summed E-state index contributed by atoms with van der Waals surface area (Å²) in [7, 11) is 0. The Morgan fingerprint density at radius 3 is 2.88 bits per heavy atom. The first kappa shape index (κ1) is 12.6. The summed E-state index contributed by atoms with van der Waals surface area (Å²) in [6.45, 7) is 5.32. The van der Waals surface area contributed by atoms with Crippen LogP contribution in [0.1, 0.15) is 43.7 Å². The van der Waals surface area contributed by atoms with Crippen molar-refractivity contribution in [3.63, 3.8) is 0 Å². The minimum atomic E-state index is 0.642. The fourth-order valence-corrected chi connectivity index (χ4v) is 2.66. The van der Waals surface area contributed by atoms with Gasteiger partial charge in [0.1, 0.15) is 0 Å². The van der Waals surface area contributed by atoms with E-state index in [0.717, 1.165) is 12.6 Å². The van der Waals surface area contributed by atoms with Gasteiger partial charge in [-0.1, -0.05) is 37.1 Å². The highest BCUT2D eigenvalue weighted by Crippen LogP contribution is 2.19. The largest absolute Gasteiger partial charge is 0.326 e. The average Bonchev–Trinajstić information content (AvgIpc) is 2.55. The second kappa shape index (κ2) is 6.18. The van der Waals surface area contributed by atoms with Crippen molar-refractivity contribution in [1.29, 1.82) is 0 Å². The zero-order valence-electron chi connectivity index (χ0n) is 10.9. The van der Waals surface area contributed by atoms with Gasteiger partial charge < -0.3 is 5.73 Å². The van der Waals surface area contributed by atoms with Crippen molar-refractivity contribution in [3.05, 3.63) is 35.4 Å². The van der Waals surface area contributed by atoms with E-state index in [-0.39, 0.29) is 0 Å². The lowest BCUT2D eigenvalue weighted by atomic mass is 10.1. The molecule has 1 atom stereocenters. The molecule has 1 fully saturated rings. The van der Waals surface area contributed by atoms with E-state index in [0.29, 0.717) is 6.54 Å². The second-order valence-electron chi connectivity index (χ2n) is 5.19. The molecule has 1 unspecified atom stereocenters. The lowest BCUT2D eigenvalue weighted by molar-refractivity contribution is 0.205. The first-order valence-corrected chi connectivity index (χ1v) is 6.81. The molecular formula is C15H24N2. The van der Waals surface area contributed by atoms with E-state index in [2.05, 4.69) is 36.1 Å². The number of hydrogen-bond acceptors (Lipinski definition) is 2. The molecule has 0 aromatic heterocycles. The standard InChI is InChI=1S/C15H24N2/c1-13-6-3-2-4-9-17(13)12-15-8-5-7-14(10-15)11-16/h5,7-8,10,13H,2-4,6,9,11-12,16H2,1H3. The monoisotopic (exact) mass is 232 g/mol. The fourth-order valence-electron chi connectivity index (χ4n) is 2.66. The third-order valence-electron chi connectivity index (χ3n) is 3.80. The van der Waals surface area contributed by atoms with Crippen LogP contribution >= 0.6 is 0 Å². The SMILES string of the molecule is CC1CCCCCN1Cc1cccc(CN)c1. The normalized spacial score (nSPS) is 22.4. The van der Waals surface area contributed by atoms with Gasteiger partial charge in [-0.25, -0.2) is 0 Å². The molecule has 1 aliphatic heterocycles. The number of nitrogens with zero attached hydrogens (tertiary/aromatic N) is 1. The predicted octanol–water partition coefficient (Wildman–Crippen LogP) is 2.91. The van der Waals surface area contributed by atoms with Crippen LogP contribution in [0.25, 0.3) is 0 Å². The van der Waals surface area contributed by atoms with E-state index in [4.69, 9.17) is 5.73 Å². The van der Waals surface area contributed by atoms with Crippen LogP contribution in [0.4, 0.5) is 0 Å². The predicted molar refractivity (Wildman–Crippen MR) is 72.7 cm³/mol. The Morgan fingerprint density at radius 2 is 2.06 bits per heavy atom. The second-order valence-corrected chi connectivity index (χ2v) is 5.19. The van der Waals surface area contributed by atoms with E-state index in [1.807, 2.05) is 0 Å².